The van der Waals surface area contributed by atoms with Gasteiger partial charge in [0.05, 0.1) is 16.1 Å². The fourth-order valence-corrected chi connectivity index (χ4v) is 7.10. The highest BCUT2D eigenvalue weighted by molar-refractivity contribution is 7.89. The van der Waals surface area contributed by atoms with Crippen molar-refractivity contribution in [2.45, 2.75) is 68.7 Å². The highest BCUT2D eigenvalue weighted by atomic mass is 32.2. The van der Waals surface area contributed by atoms with Crippen LogP contribution in [-0.2, 0) is 27.7 Å². The second-order valence-electron chi connectivity index (χ2n) is 9.95. The Kier molecular flexibility index (Phi) is 6.93. The molecule has 1 saturated carbocycles. The van der Waals surface area contributed by atoms with E-state index >= 15 is 0 Å². The Morgan fingerprint density at radius 3 is 2.34 bits per heavy atom. The zero-order valence-corrected chi connectivity index (χ0v) is 20.8. The van der Waals surface area contributed by atoms with Gasteiger partial charge in [-0.05, 0) is 80.3 Å². The predicted molar refractivity (Wildman–Crippen MR) is 135 cm³/mol. The minimum Gasteiger partial charge on any atom is -0.349 e. The molecule has 186 valence electrons. The smallest absolute Gasteiger partial charge is 0.253 e. The van der Waals surface area contributed by atoms with Crippen molar-refractivity contribution >= 4 is 27.5 Å². The Balaban J connectivity index is 1.20. The van der Waals surface area contributed by atoms with Gasteiger partial charge >= 0.3 is 0 Å². The van der Waals surface area contributed by atoms with Crippen LogP contribution in [0.5, 0.6) is 0 Å². The monoisotopic (exact) mass is 495 g/mol. The Morgan fingerprint density at radius 1 is 0.857 bits per heavy atom. The largest absolute Gasteiger partial charge is 0.349 e. The van der Waals surface area contributed by atoms with Crippen molar-refractivity contribution in [3.05, 3.63) is 59.2 Å². The summed E-state index contributed by atoms with van der Waals surface area (Å²) in [6, 6.07) is 12.7. The van der Waals surface area contributed by atoms with Gasteiger partial charge in [-0.3, -0.25) is 9.59 Å². The highest BCUT2D eigenvalue weighted by Gasteiger charge is 2.33. The molecule has 1 heterocycles. The number of nitrogens with zero attached hydrogens (tertiary/aromatic N) is 1. The van der Waals surface area contributed by atoms with E-state index in [1.807, 2.05) is 12.1 Å². The summed E-state index contributed by atoms with van der Waals surface area (Å²) >= 11 is 0. The van der Waals surface area contributed by atoms with E-state index in [4.69, 9.17) is 0 Å². The van der Waals surface area contributed by atoms with Crippen LogP contribution >= 0.6 is 0 Å². The van der Waals surface area contributed by atoms with E-state index < -0.39 is 10.0 Å². The zero-order valence-electron chi connectivity index (χ0n) is 20.0. The molecule has 3 aliphatic rings. The van der Waals surface area contributed by atoms with Crippen LogP contribution in [0.1, 0.15) is 66.4 Å². The number of hydrogen-bond acceptors (Lipinski definition) is 4. The van der Waals surface area contributed by atoms with Crippen LogP contribution < -0.4 is 10.6 Å². The van der Waals surface area contributed by atoms with Crippen LogP contribution in [0.2, 0.25) is 0 Å². The Hall–Kier alpha value is -2.71. The Bertz CT molecular complexity index is 1210. The molecular formula is C27H33N3O4S. The maximum Gasteiger partial charge on any atom is 0.253 e. The molecule has 1 saturated heterocycles. The molecule has 0 unspecified atom stereocenters. The number of carbonyl (C=O) groups excluding carboxylic acids is 2. The van der Waals surface area contributed by atoms with E-state index in [0.717, 1.165) is 50.5 Å². The Morgan fingerprint density at radius 2 is 1.57 bits per heavy atom. The number of aryl methyl sites for hydroxylation is 2. The van der Waals surface area contributed by atoms with Crippen molar-refractivity contribution in [1.29, 1.82) is 0 Å². The van der Waals surface area contributed by atoms with Crippen molar-refractivity contribution in [3.63, 3.8) is 0 Å². The van der Waals surface area contributed by atoms with Gasteiger partial charge < -0.3 is 10.6 Å². The number of sulfonamides is 1. The van der Waals surface area contributed by atoms with Crippen molar-refractivity contribution in [1.82, 2.24) is 9.62 Å². The van der Waals surface area contributed by atoms with E-state index in [1.54, 1.807) is 30.3 Å². The first-order valence-corrected chi connectivity index (χ1v) is 14.2. The van der Waals surface area contributed by atoms with E-state index in [2.05, 4.69) is 10.6 Å². The number of anilines is 1. The third kappa shape index (κ3) is 5.14. The van der Waals surface area contributed by atoms with Crippen LogP contribution in [0.3, 0.4) is 0 Å². The van der Waals surface area contributed by atoms with Gasteiger partial charge in [0.1, 0.15) is 0 Å². The summed E-state index contributed by atoms with van der Waals surface area (Å²) in [5, 5.41) is 6.01. The molecule has 0 spiro atoms. The first kappa shape index (κ1) is 24.0. The van der Waals surface area contributed by atoms with Gasteiger partial charge in [0.2, 0.25) is 15.9 Å². The molecule has 35 heavy (non-hydrogen) atoms. The van der Waals surface area contributed by atoms with E-state index in [9.17, 15) is 18.0 Å². The van der Waals surface area contributed by atoms with Gasteiger partial charge in [0, 0.05) is 25.0 Å². The Labute approximate surface area is 207 Å². The summed E-state index contributed by atoms with van der Waals surface area (Å²) in [6.45, 7) is 0.614. The molecule has 0 aromatic heterocycles. The van der Waals surface area contributed by atoms with Crippen LogP contribution in [0.4, 0.5) is 5.69 Å². The molecule has 7 nitrogen and oxygen atoms in total. The molecule has 2 aromatic carbocycles. The number of hydrogen-bond donors (Lipinski definition) is 2. The van der Waals surface area contributed by atoms with Crippen molar-refractivity contribution in [2.75, 3.05) is 18.4 Å². The summed E-state index contributed by atoms with van der Waals surface area (Å²) in [5.41, 5.74) is 3.35. The minimum atomic E-state index is -3.57. The number of piperidine rings is 1. The lowest BCUT2D eigenvalue weighted by molar-refractivity contribution is -0.120. The van der Waals surface area contributed by atoms with Crippen LogP contribution in [0, 0.1) is 5.92 Å². The number of rotatable bonds is 6. The third-order valence-corrected chi connectivity index (χ3v) is 9.55. The SMILES string of the molecule is O=C(NC1CCCC1)c1ccccc1NC(=O)C1CCN(S(=O)(=O)c2ccc3c(c2)CCC3)CC1. The summed E-state index contributed by atoms with van der Waals surface area (Å²) in [7, 11) is -3.57. The molecule has 2 amide bonds. The summed E-state index contributed by atoms with van der Waals surface area (Å²) in [4.78, 5) is 26.2. The number of carbonyl (C=O) groups is 2. The average Bonchev–Trinajstić information content (AvgIpc) is 3.56. The van der Waals surface area contributed by atoms with Crippen LogP contribution in [0.25, 0.3) is 0 Å². The van der Waals surface area contributed by atoms with E-state index in [1.165, 1.54) is 9.87 Å². The lowest BCUT2D eigenvalue weighted by Crippen LogP contribution is -2.41. The van der Waals surface area contributed by atoms with Crippen molar-refractivity contribution in [3.8, 4) is 0 Å². The maximum atomic E-state index is 13.2. The molecule has 0 atom stereocenters. The number of benzene rings is 2. The fourth-order valence-electron chi connectivity index (χ4n) is 5.57. The number of para-hydroxylation sites is 1. The van der Waals surface area contributed by atoms with Gasteiger partial charge in [-0.25, -0.2) is 8.42 Å². The fraction of sp³-hybridized carbons (Fsp3) is 0.481. The summed E-state index contributed by atoms with van der Waals surface area (Å²) in [5.74, 6) is -0.629. The van der Waals surface area contributed by atoms with E-state index in [0.29, 0.717) is 42.1 Å². The van der Waals surface area contributed by atoms with Crippen molar-refractivity contribution in [2.24, 2.45) is 5.92 Å². The maximum absolute atomic E-state index is 13.2. The second-order valence-corrected chi connectivity index (χ2v) is 11.9. The minimum absolute atomic E-state index is 0.164. The van der Waals surface area contributed by atoms with Gasteiger partial charge in [0.25, 0.3) is 5.91 Å². The lowest BCUT2D eigenvalue weighted by Gasteiger charge is -2.30. The summed E-state index contributed by atoms with van der Waals surface area (Å²) < 4.78 is 27.9. The molecule has 5 rings (SSSR count). The van der Waals surface area contributed by atoms with Crippen LogP contribution in [-0.4, -0.2) is 43.7 Å². The molecule has 0 bridgehead atoms. The molecule has 0 radical (unpaired) electrons. The molecule has 2 fully saturated rings. The average molecular weight is 496 g/mol. The normalized spacial score (nSPS) is 19.4. The van der Waals surface area contributed by atoms with Gasteiger partial charge in [-0.1, -0.05) is 31.0 Å². The molecule has 8 heteroatoms. The van der Waals surface area contributed by atoms with E-state index in [-0.39, 0.29) is 23.8 Å². The third-order valence-electron chi connectivity index (χ3n) is 7.65. The van der Waals surface area contributed by atoms with Crippen LogP contribution in [0.15, 0.2) is 47.4 Å². The first-order chi connectivity index (χ1) is 16.9. The number of nitrogens with one attached hydrogen (secondary N) is 2. The number of amides is 2. The number of fused-ring (bicyclic) bond motifs is 1. The molecule has 1 aliphatic heterocycles. The molecular weight excluding hydrogens is 462 g/mol. The topological polar surface area (TPSA) is 95.6 Å². The lowest BCUT2D eigenvalue weighted by atomic mass is 9.97. The van der Waals surface area contributed by atoms with Crippen molar-refractivity contribution < 1.29 is 18.0 Å². The second kappa shape index (κ2) is 10.1. The van der Waals surface area contributed by atoms with Gasteiger partial charge in [-0.15, -0.1) is 0 Å². The molecule has 2 aromatic rings. The van der Waals surface area contributed by atoms with Gasteiger partial charge in [0.15, 0.2) is 0 Å². The van der Waals surface area contributed by atoms with Gasteiger partial charge in [-0.2, -0.15) is 4.31 Å². The molecule has 2 N–H and O–H groups in total. The standard InChI is InChI=1S/C27H33N3O4S/c31-26(29-25-11-4-3-10-24(25)27(32)28-22-8-1-2-9-22)20-14-16-30(17-15-20)35(33,34)23-13-12-19-6-5-7-21(19)18-23/h3-4,10-13,18,20,22H,1-2,5-9,14-17H2,(H,28,32)(H,29,31). The molecule has 2 aliphatic carbocycles. The highest BCUT2D eigenvalue weighted by Crippen LogP contribution is 2.29. The quantitative estimate of drug-likeness (QED) is 0.636. The predicted octanol–water partition coefficient (Wildman–Crippen LogP) is 3.89. The first-order valence-electron chi connectivity index (χ1n) is 12.7. The summed E-state index contributed by atoms with van der Waals surface area (Å²) in [6.07, 6.45) is 8.17. The zero-order chi connectivity index (χ0) is 24.4.